The highest BCUT2D eigenvalue weighted by Crippen LogP contribution is 2.22. The highest BCUT2D eigenvalue weighted by Gasteiger charge is 2.06. The summed E-state index contributed by atoms with van der Waals surface area (Å²) in [5.74, 6) is 0. The van der Waals surface area contributed by atoms with Crippen molar-refractivity contribution in [3.05, 3.63) is 94.4 Å². The zero-order valence-electron chi connectivity index (χ0n) is 13.0. The largest absolute Gasteiger partial charge is 0.0984 e. The zero-order valence-corrected chi connectivity index (χ0v) is 13.0. The van der Waals surface area contributed by atoms with E-state index >= 15 is 0 Å². The molecule has 3 aromatic rings. The van der Waals surface area contributed by atoms with Gasteiger partial charge in [-0.3, -0.25) is 0 Å². The minimum atomic E-state index is 0.952. The average Bonchev–Trinajstić information content (AvgIpc) is 2.76. The Labute approximate surface area is 136 Å². The van der Waals surface area contributed by atoms with Gasteiger partial charge in [-0.25, -0.2) is 0 Å². The number of hydrogen-bond donors (Lipinski definition) is 0. The molecule has 110 valence electrons. The van der Waals surface area contributed by atoms with E-state index in [9.17, 15) is 0 Å². The monoisotopic (exact) mass is 294 g/mol. The van der Waals surface area contributed by atoms with E-state index in [1.165, 1.54) is 32.3 Å². The molecular formula is C23H18. The van der Waals surface area contributed by atoms with Gasteiger partial charge in [0.25, 0.3) is 0 Å². The summed E-state index contributed by atoms with van der Waals surface area (Å²) in [7, 11) is 0. The van der Waals surface area contributed by atoms with Crippen LogP contribution in [0.2, 0.25) is 0 Å². The van der Waals surface area contributed by atoms with Crippen molar-refractivity contribution in [3.63, 3.8) is 0 Å². The lowest BCUT2D eigenvalue weighted by Crippen LogP contribution is -2.25. The third-order valence-electron chi connectivity index (χ3n) is 4.59. The van der Waals surface area contributed by atoms with Crippen LogP contribution < -0.4 is 10.4 Å². The minimum Gasteiger partial charge on any atom is -0.0984 e. The van der Waals surface area contributed by atoms with Gasteiger partial charge < -0.3 is 0 Å². The Balaban J connectivity index is 2.03. The number of rotatable bonds is 2. The van der Waals surface area contributed by atoms with E-state index in [0.717, 1.165) is 17.5 Å². The maximum Gasteiger partial charge on any atom is -0.00821 e. The summed E-state index contributed by atoms with van der Waals surface area (Å²) in [6, 6.07) is 17.6. The highest BCUT2D eigenvalue weighted by molar-refractivity contribution is 5.86. The zero-order chi connectivity index (χ0) is 15.8. The van der Waals surface area contributed by atoms with Gasteiger partial charge in [0.2, 0.25) is 0 Å². The van der Waals surface area contributed by atoms with E-state index in [1.807, 2.05) is 12.2 Å². The standard InChI is InChI=1S/C23H18/c1-3-16-11-20-9-10-21-13-18-7-5-6-8-19(18)14-23(21)15-22(20)12-17(16)4-2/h3-9,11-15H,1-2,10H2. The molecule has 0 heterocycles. The second-order valence-corrected chi connectivity index (χ2v) is 5.97. The van der Waals surface area contributed by atoms with Gasteiger partial charge in [-0.2, -0.15) is 0 Å². The van der Waals surface area contributed by atoms with Crippen molar-refractivity contribution in [1.29, 1.82) is 0 Å². The smallest absolute Gasteiger partial charge is 0.00821 e. The lowest BCUT2D eigenvalue weighted by Gasteiger charge is -2.06. The maximum atomic E-state index is 3.93. The molecule has 0 saturated heterocycles. The predicted octanol–water partition coefficient (Wildman–Crippen LogP) is 4.29. The molecule has 23 heavy (non-hydrogen) atoms. The highest BCUT2D eigenvalue weighted by atomic mass is 14.1. The molecule has 0 radical (unpaired) electrons. The van der Waals surface area contributed by atoms with Crippen molar-refractivity contribution in [2.24, 2.45) is 0 Å². The molecule has 1 aliphatic rings. The molecule has 0 aliphatic heterocycles. The van der Waals surface area contributed by atoms with E-state index in [1.54, 1.807) is 0 Å². The van der Waals surface area contributed by atoms with Gasteiger partial charge in [-0.15, -0.1) is 0 Å². The molecule has 0 N–H and O–H groups in total. The van der Waals surface area contributed by atoms with E-state index in [0.29, 0.717) is 0 Å². The molecule has 0 unspecified atom stereocenters. The first-order valence-electron chi connectivity index (χ1n) is 7.91. The van der Waals surface area contributed by atoms with Gasteiger partial charge in [-0.1, -0.05) is 61.7 Å². The number of hydrogen-bond acceptors (Lipinski definition) is 0. The summed E-state index contributed by atoms with van der Waals surface area (Å²) in [5.41, 5.74) is 4.95. The van der Waals surface area contributed by atoms with Gasteiger partial charge >= 0.3 is 0 Å². The topological polar surface area (TPSA) is 0 Å². The normalized spacial score (nSPS) is 12.3. The summed E-state index contributed by atoms with van der Waals surface area (Å²) in [5, 5.41) is 5.11. The van der Waals surface area contributed by atoms with E-state index in [2.05, 4.69) is 73.8 Å². The van der Waals surface area contributed by atoms with Crippen molar-refractivity contribution in [2.75, 3.05) is 0 Å². The molecule has 1 aliphatic carbocycles. The van der Waals surface area contributed by atoms with Crippen LogP contribution in [0.4, 0.5) is 0 Å². The van der Waals surface area contributed by atoms with Crippen LogP contribution in [0.1, 0.15) is 22.3 Å². The summed E-state index contributed by atoms with van der Waals surface area (Å²) < 4.78 is 0. The second-order valence-electron chi connectivity index (χ2n) is 5.97. The molecule has 0 amide bonds. The quantitative estimate of drug-likeness (QED) is 0.661. The Kier molecular flexibility index (Phi) is 3.24. The van der Waals surface area contributed by atoms with Crippen LogP contribution in [0, 0.1) is 0 Å². The third kappa shape index (κ3) is 2.33. The molecule has 0 aromatic heterocycles. The Morgan fingerprint density at radius 2 is 1.43 bits per heavy atom. The molecule has 0 atom stereocenters. The molecule has 4 rings (SSSR count). The first-order valence-corrected chi connectivity index (χ1v) is 7.91. The van der Waals surface area contributed by atoms with Crippen LogP contribution in [-0.4, -0.2) is 0 Å². The molecule has 0 heteroatoms. The molecular weight excluding hydrogens is 276 g/mol. The first-order chi connectivity index (χ1) is 11.3. The van der Waals surface area contributed by atoms with Gasteiger partial charge in [-0.05, 0) is 74.2 Å². The lowest BCUT2D eigenvalue weighted by molar-refractivity contribution is 1.33. The molecule has 0 bridgehead atoms. The fraction of sp³-hybridized carbons (Fsp3) is 0.0435. The van der Waals surface area contributed by atoms with Crippen molar-refractivity contribution in [3.8, 4) is 0 Å². The summed E-state index contributed by atoms with van der Waals surface area (Å²) in [6.45, 7) is 7.84. The molecule has 3 aromatic carbocycles. The van der Waals surface area contributed by atoms with Gasteiger partial charge in [0, 0.05) is 0 Å². The molecule has 0 nitrogen and oxygen atoms in total. The van der Waals surface area contributed by atoms with E-state index in [4.69, 9.17) is 0 Å². The summed E-state index contributed by atoms with van der Waals surface area (Å²) >= 11 is 0. The second kappa shape index (κ2) is 5.40. The van der Waals surface area contributed by atoms with E-state index < -0.39 is 0 Å². The van der Waals surface area contributed by atoms with Gasteiger partial charge in [0.15, 0.2) is 0 Å². The van der Waals surface area contributed by atoms with Crippen molar-refractivity contribution < 1.29 is 0 Å². The molecule has 0 fully saturated rings. The van der Waals surface area contributed by atoms with Gasteiger partial charge in [0.05, 0.1) is 0 Å². The van der Waals surface area contributed by atoms with Crippen LogP contribution in [0.15, 0.2) is 61.7 Å². The number of fused-ring (bicyclic) bond motifs is 3. The van der Waals surface area contributed by atoms with Crippen LogP contribution in [0.3, 0.4) is 0 Å². The van der Waals surface area contributed by atoms with E-state index in [-0.39, 0.29) is 0 Å². The Hall–Kier alpha value is -2.86. The summed E-state index contributed by atoms with van der Waals surface area (Å²) in [4.78, 5) is 0. The molecule has 0 spiro atoms. The maximum absolute atomic E-state index is 3.93. The van der Waals surface area contributed by atoms with Crippen molar-refractivity contribution in [1.82, 2.24) is 0 Å². The van der Waals surface area contributed by atoms with Crippen molar-refractivity contribution in [2.45, 2.75) is 6.42 Å². The SMILES string of the molecule is C=Cc1cc2c(cc1C=C)=Cc1cc3ccccc3cc1CC=2. The Morgan fingerprint density at radius 1 is 0.783 bits per heavy atom. The average molecular weight is 294 g/mol. The predicted molar refractivity (Wildman–Crippen MR) is 102 cm³/mol. The fourth-order valence-electron chi connectivity index (χ4n) is 3.33. The molecule has 0 saturated carbocycles. The third-order valence-corrected chi connectivity index (χ3v) is 4.59. The van der Waals surface area contributed by atoms with Crippen LogP contribution in [0.25, 0.3) is 35.1 Å². The van der Waals surface area contributed by atoms with Crippen LogP contribution in [-0.2, 0) is 6.42 Å². The Morgan fingerprint density at radius 3 is 2.13 bits per heavy atom. The number of benzene rings is 3. The lowest BCUT2D eigenvalue weighted by atomic mass is 9.99. The van der Waals surface area contributed by atoms with Crippen LogP contribution >= 0.6 is 0 Å². The Bertz CT molecular complexity index is 1070. The fourth-order valence-corrected chi connectivity index (χ4v) is 3.33. The van der Waals surface area contributed by atoms with Gasteiger partial charge in [0.1, 0.15) is 0 Å². The van der Waals surface area contributed by atoms with Crippen LogP contribution in [0.5, 0.6) is 0 Å². The summed E-state index contributed by atoms with van der Waals surface area (Å²) in [6.07, 6.45) is 9.36. The van der Waals surface area contributed by atoms with Crippen molar-refractivity contribution >= 4 is 35.1 Å². The minimum absolute atomic E-state index is 0.952. The first kappa shape index (κ1) is 13.8.